The van der Waals surface area contributed by atoms with Crippen LogP contribution in [0.4, 0.5) is 0 Å². The van der Waals surface area contributed by atoms with Crippen molar-refractivity contribution in [1.29, 1.82) is 5.26 Å². The third-order valence-electron chi connectivity index (χ3n) is 1.44. The number of nitrogens with two attached hydrogens (primary N) is 1. The maximum Gasteiger partial charge on any atom is 0.321 e. The summed E-state index contributed by atoms with van der Waals surface area (Å²) in [6, 6.07) is 1.29. The number of carbonyl (C=O) groups is 1. The van der Waals surface area contributed by atoms with E-state index in [0.29, 0.717) is 12.2 Å². The van der Waals surface area contributed by atoms with Crippen LogP contribution < -0.4 is 5.73 Å². The number of hydrogen-bond donors (Lipinski definition) is 2. The predicted octanol–water partition coefficient (Wildman–Crippen LogP) is 0.825. The zero-order valence-corrected chi connectivity index (χ0v) is 8.22. The highest BCUT2D eigenvalue weighted by Gasteiger charge is 2.09. The van der Waals surface area contributed by atoms with Crippen molar-refractivity contribution in [1.82, 2.24) is 0 Å². The molecule has 0 aromatic carbocycles. The molecule has 0 fully saturated rings. The number of hydrogen-bond acceptors (Lipinski definition) is 4. The van der Waals surface area contributed by atoms with E-state index in [0.717, 1.165) is 18.6 Å². The van der Waals surface area contributed by atoms with Gasteiger partial charge >= 0.3 is 5.97 Å². The Hall–Kier alpha value is -0.730. The summed E-state index contributed by atoms with van der Waals surface area (Å²) in [6.45, 7) is 0. The fraction of sp³-hybridized carbons (Fsp3) is 0.750. The van der Waals surface area contributed by atoms with Crippen LogP contribution in [0, 0.1) is 11.3 Å². The fourth-order valence-corrected chi connectivity index (χ4v) is 1.66. The summed E-state index contributed by atoms with van der Waals surface area (Å²) in [4.78, 5) is 10.3. The van der Waals surface area contributed by atoms with Gasteiger partial charge in [-0.15, -0.1) is 0 Å². The van der Waals surface area contributed by atoms with Gasteiger partial charge in [0.2, 0.25) is 0 Å². The van der Waals surface area contributed by atoms with Gasteiger partial charge in [-0.25, -0.2) is 0 Å². The molecule has 74 valence electrons. The molecule has 5 heteroatoms. The molecular formula is C8H14N2O2S. The number of unbranched alkanes of at least 4 members (excludes halogenated alkanes) is 2. The maximum atomic E-state index is 10.3. The summed E-state index contributed by atoms with van der Waals surface area (Å²) in [6.07, 6.45) is 2.40. The van der Waals surface area contributed by atoms with Gasteiger partial charge in [0.25, 0.3) is 0 Å². The van der Waals surface area contributed by atoms with E-state index in [1.165, 1.54) is 11.8 Å². The summed E-state index contributed by atoms with van der Waals surface area (Å²) in [7, 11) is 0. The monoisotopic (exact) mass is 202 g/mol. The molecule has 0 aromatic heterocycles. The second kappa shape index (κ2) is 7.90. The molecule has 0 amide bonds. The summed E-state index contributed by atoms with van der Waals surface area (Å²) in [5, 5.41) is 16.7. The Bertz CT molecular complexity index is 191. The molecule has 0 radical (unpaired) electrons. The third kappa shape index (κ3) is 7.62. The van der Waals surface area contributed by atoms with Crippen molar-refractivity contribution in [2.24, 2.45) is 5.73 Å². The molecule has 0 rings (SSSR count). The van der Waals surface area contributed by atoms with Crippen LogP contribution in [-0.4, -0.2) is 28.6 Å². The first kappa shape index (κ1) is 12.3. The molecule has 3 N–H and O–H groups in total. The quantitative estimate of drug-likeness (QED) is 0.597. The van der Waals surface area contributed by atoms with Crippen molar-refractivity contribution >= 4 is 17.7 Å². The lowest BCUT2D eigenvalue weighted by Gasteiger charge is -2.04. The smallest absolute Gasteiger partial charge is 0.321 e. The Balaban J connectivity index is 3.17. The van der Waals surface area contributed by atoms with Crippen LogP contribution in [0.25, 0.3) is 0 Å². The molecule has 0 spiro atoms. The largest absolute Gasteiger partial charge is 0.480 e. The number of nitriles is 1. The Labute approximate surface area is 82.1 Å². The van der Waals surface area contributed by atoms with Crippen LogP contribution >= 0.6 is 11.8 Å². The molecule has 0 unspecified atom stereocenters. The molecule has 1 atom stereocenters. The van der Waals surface area contributed by atoms with Gasteiger partial charge in [0.15, 0.2) is 0 Å². The lowest BCUT2D eigenvalue weighted by Crippen LogP contribution is -2.32. The molecule has 13 heavy (non-hydrogen) atoms. The first-order valence-electron chi connectivity index (χ1n) is 4.11. The van der Waals surface area contributed by atoms with Crippen molar-refractivity contribution in [3.63, 3.8) is 0 Å². The average molecular weight is 202 g/mol. The Morgan fingerprint density at radius 3 is 2.85 bits per heavy atom. The van der Waals surface area contributed by atoms with Gasteiger partial charge in [0.05, 0.1) is 6.07 Å². The summed E-state index contributed by atoms with van der Waals surface area (Å²) in [5.41, 5.74) is 5.28. The number of thioether (sulfide) groups is 1. The summed E-state index contributed by atoms with van der Waals surface area (Å²) >= 11 is 1.52. The molecule has 0 saturated heterocycles. The first-order valence-corrected chi connectivity index (χ1v) is 5.27. The van der Waals surface area contributed by atoms with Crippen molar-refractivity contribution in [2.45, 2.75) is 25.3 Å². The second-order valence-electron chi connectivity index (χ2n) is 2.63. The molecule has 0 heterocycles. The molecule has 0 aliphatic rings. The summed E-state index contributed by atoms with van der Waals surface area (Å²) < 4.78 is 0. The molecule has 0 bridgehead atoms. The molecule has 0 aliphatic carbocycles. The molecule has 0 saturated carbocycles. The minimum atomic E-state index is -0.954. The highest BCUT2D eigenvalue weighted by molar-refractivity contribution is 7.99. The number of rotatable bonds is 7. The molecule has 4 nitrogen and oxygen atoms in total. The normalized spacial score (nSPS) is 12.0. The topological polar surface area (TPSA) is 87.1 Å². The van der Waals surface area contributed by atoms with E-state index in [-0.39, 0.29) is 0 Å². The van der Waals surface area contributed by atoms with Crippen LogP contribution in [0.15, 0.2) is 0 Å². The Kier molecular flexibility index (Phi) is 7.45. The van der Waals surface area contributed by atoms with Crippen LogP contribution in [-0.2, 0) is 4.79 Å². The highest BCUT2D eigenvalue weighted by Crippen LogP contribution is 2.06. The minimum absolute atomic E-state index is 0.446. The number of aliphatic carboxylic acids is 1. The van der Waals surface area contributed by atoms with Crippen LogP contribution in [0.2, 0.25) is 0 Å². The van der Waals surface area contributed by atoms with Crippen LogP contribution in [0.3, 0.4) is 0 Å². The Morgan fingerprint density at radius 2 is 2.31 bits per heavy atom. The lowest BCUT2D eigenvalue weighted by atomic mass is 10.3. The zero-order chi connectivity index (χ0) is 10.1. The van der Waals surface area contributed by atoms with Crippen molar-refractivity contribution in [3.05, 3.63) is 0 Å². The van der Waals surface area contributed by atoms with E-state index in [1.807, 2.05) is 0 Å². The summed E-state index contributed by atoms with van der Waals surface area (Å²) in [5.74, 6) is 0.370. The van der Waals surface area contributed by atoms with E-state index in [4.69, 9.17) is 16.1 Å². The predicted molar refractivity (Wildman–Crippen MR) is 52.4 cm³/mol. The Morgan fingerprint density at radius 1 is 1.62 bits per heavy atom. The van der Waals surface area contributed by atoms with Gasteiger partial charge < -0.3 is 10.8 Å². The van der Waals surface area contributed by atoms with E-state index in [1.54, 1.807) is 0 Å². The minimum Gasteiger partial charge on any atom is -0.480 e. The highest BCUT2D eigenvalue weighted by atomic mass is 32.2. The van der Waals surface area contributed by atoms with Gasteiger partial charge in [0, 0.05) is 12.2 Å². The number of carboxylic acid groups (broad SMARTS) is 1. The van der Waals surface area contributed by atoms with E-state index < -0.39 is 12.0 Å². The zero-order valence-electron chi connectivity index (χ0n) is 7.40. The fourth-order valence-electron chi connectivity index (χ4n) is 0.690. The maximum absolute atomic E-state index is 10.3. The van der Waals surface area contributed by atoms with Gasteiger partial charge in [0.1, 0.15) is 6.04 Å². The average Bonchev–Trinajstić information content (AvgIpc) is 2.10. The van der Waals surface area contributed by atoms with Gasteiger partial charge in [-0.2, -0.15) is 17.0 Å². The van der Waals surface area contributed by atoms with Crippen molar-refractivity contribution in [3.8, 4) is 6.07 Å². The van der Waals surface area contributed by atoms with Crippen LogP contribution in [0.5, 0.6) is 0 Å². The van der Waals surface area contributed by atoms with Crippen molar-refractivity contribution < 1.29 is 9.90 Å². The molecule has 0 aromatic rings. The SMILES string of the molecule is N#CCCCCSC[C@@H](N)C(=O)O. The first-order chi connectivity index (χ1) is 6.18. The molecule has 0 aliphatic heterocycles. The molecular weight excluding hydrogens is 188 g/mol. The standard InChI is InChI=1S/C8H14N2O2S/c9-4-2-1-3-5-13-6-7(10)8(11)12/h7H,1-3,5-6,10H2,(H,11,12)/t7-/m1/s1. The lowest BCUT2D eigenvalue weighted by molar-refractivity contribution is -0.137. The van der Waals surface area contributed by atoms with Crippen molar-refractivity contribution in [2.75, 3.05) is 11.5 Å². The second-order valence-corrected chi connectivity index (χ2v) is 3.78. The van der Waals surface area contributed by atoms with E-state index >= 15 is 0 Å². The van der Waals surface area contributed by atoms with E-state index in [2.05, 4.69) is 6.07 Å². The van der Waals surface area contributed by atoms with Gasteiger partial charge in [-0.3, -0.25) is 4.79 Å². The third-order valence-corrected chi connectivity index (χ3v) is 2.61. The van der Waals surface area contributed by atoms with E-state index in [9.17, 15) is 4.79 Å². The number of carboxylic acids is 1. The van der Waals surface area contributed by atoms with Crippen LogP contribution in [0.1, 0.15) is 19.3 Å². The number of nitrogens with zero attached hydrogens (tertiary/aromatic N) is 1. The van der Waals surface area contributed by atoms with Gasteiger partial charge in [-0.05, 0) is 18.6 Å². The van der Waals surface area contributed by atoms with Gasteiger partial charge in [-0.1, -0.05) is 0 Å².